The maximum Gasteiger partial charge on any atom is 0.251 e. The maximum atomic E-state index is 12.5. The highest BCUT2D eigenvalue weighted by atomic mass is 16.1. The van der Waals surface area contributed by atoms with E-state index in [2.05, 4.69) is 14.9 Å². The van der Waals surface area contributed by atoms with Gasteiger partial charge >= 0.3 is 0 Å². The molecule has 5 heteroatoms. The minimum Gasteiger partial charge on any atom is -0.347 e. The average molecular weight is 306 g/mol. The molecule has 4 rings (SSSR count). The van der Waals surface area contributed by atoms with E-state index in [-0.39, 0.29) is 11.9 Å². The van der Waals surface area contributed by atoms with E-state index >= 15 is 0 Å². The van der Waals surface area contributed by atoms with Crippen LogP contribution in [-0.2, 0) is 13.0 Å². The third-order valence-electron chi connectivity index (χ3n) is 4.28. The monoisotopic (exact) mass is 306 g/mol. The smallest absolute Gasteiger partial charge is 0.251 e. The van der Waals surface area contributed by atoms with Gasteiger partial charge in [0, 0.05) is 55.0 Å². The first kappa shape index (κ1) is 13.8. The Morgan fingerprint density at radius 2 is 2.04 bits per heavy atom. The van der Waals surface area contributed by atoms with Gasteiger partial charge in [0.1, 0.15) is 5.82 Å². The highest BCUT2D eigenvalue weighted by molar-refractivity contribution is 5.94. The topological polar surface area (TPSA) is 51.9 Å². The Bertz CT molecular complexity index is 819. The normalized spacial score (nSPS) is 16.8. The summed E-state index contributed by atoms with van der Waals surface area (Å²) in [5.41, 5.74) is 1.68. The zero-order valence-corrected chi connectivity index (χ0v) is 12.7. The number of rotatable bonds is 3. The van der Waals surface area contributed by atoms with Crippen molar-refractivity contribution in [2.45, 2.75) is 25.4 Å². The van der Waals surface area contributed by atoms with E-state index in [0.29, 0.717) is 5.56 Å². The Morgan fingerprint density at radius 1 is 1.17 bits per heavy atom. The summed E-state index contributed by atoms with van der Waals surface area (Å²) in [5, 5.41) is 3.14. The van der Waals surface area contributed by atoms with E-state index in [0.717, 1.165) is 30.9 Å². The zero-order chi connectivity index (χ0) is 15.6. The van der Waals surface area contributed by atoms with Crippen molar-refractivity contribution in [1.82, 2.24) is 19.4 Å². The van der Waals surface area contributed by atoms with Gasteiger partial charge in [0.05, 0.1) is 0 Å². The largest absolute Gasteiger partial charge is 0.347 e. The van der Waals surface area contributed by atoms with E-state index in [4.69, 9.17) is 0 Å². The van der Waals surface area contributed by atoms with Crippen LogP contribution in [0.5, 0.6) is 0 Å². The van der Waals surface area contributed by atoms with Crippen molar-refractivity contribution in [3.05, 3.63) is 72.6 Å². The van der Waals surface area contributed by atoms with Crippen molar-refractivity contribution in [2.24, 2.45) is 0 Å². The molecule has 23 heavy (non-hydrogen) atoms. The summed E-state index contributed by atoms with van der Waals surface area (Å²) in [6.45, 7) is 0.790. The molecule has 0 saturated carbocycles. The molecular weight excluding hydrogens is 288 g/mol. The molecule has 5 nitrogen and oxygen atoms in total. The molecule has 1 unspecified atom stereocenters. The SMILES string of the molecule is O=C(NC1CCc2nccn2C1)c1cccc(-n2cccc2)c1. The number of imidazole rings is 1. The maximum absolute atomic E-state index is 12.5. The molecular formula is C18H18N4O. The van der Waals surface area contributed by atoms with Crippen LogP contribution in [0.15, 0.2) is 61.2 Å². The van der Waals surface area contributed by atoms with Gasteiger partial charge in [-0.05, 0) is 36.8 Å². The predicted molar refractivity (Wildman–Crippen MR) is 87.6 cm³/mol. The summed E-state index contributed by atoms with van der Waals surface area (Å²) in [6, 6.07) is 11.8. The number of nitrogens with zero attached hydrogens (tertiary/aromatic N) is 3. The first-order chi connectivity index (χ1) is 11.3. The Balaban J connectivity index is 1.49. The number of carbonyl (C=O) groups excluding carboxylic acids is 1. The lowest BCUT2D eigenvalue weighted by atomic mass is 10.1. The fourth-order valence-electron chi connectivity index (χ4n) is 3.07. The van der Waals surface area contributed by atoms with Gasteiger partial charge in [-0.25, -0.2) is 4.98 Å². The minimum absolute atomic E-state index is 0.0208. The van der Waals surface area contributed by atoms with Crippen molar-refractivity contribution in [3.63, 3.8) is 0 Å². The molecule has 1 aromatic carbocycles. The number of fused-ring (bicyclic) bond motifs is 1. The highest BCUT2D eigenvalue weighted by Crippen LogP contribution is 2.15. The van der Waals surface area contributed by atoms with Crippen LogP contribution in [0.4, 0.5) is 0 Å². The molecule has 1 amide bonds. The van der Waals surface area contributed by atoms with Gasteiger partial charge in [-0.1, -0.05) is 6.07 Å². The quantitative estimate of drug-likeness (QED) is 0.808. The van der Waals surface area contributed by atoms with E-state index < -0.39 is 0 Å². The van der Waals surface area contributed by atoms with Crippen molar-refractivity contribution in [3.8, 4) is 5.69 Å². The van der Waals surface area contributed by atoms with Gasteiger partial charge in [-0.3, -0.25) is 4.79 Å². The predicted octanol–water partition coefficient (Wildman–Crippen LogP) is 2.42. The lowest BCUT2D eigenvalue weighted by Crippen LogP contribution is -2.40. The minimum atomic E-state index is -0.0208. The first-order valence-electron chi connectivity index (χ1n) is 7.84. The van der Waals surface area contributed by atoms with Crippen molar-refractivity contribution in [2.75, 3.05) is 0 Å². The number of nitrogens with one attached hydrogen (secondary N) is 1. The van der Waals surface area contributed by atoms with Crippen LogP contribution in [-0.4, -0.2) is 26.1 Å². The van der Waals surface area contributed by atoms with Crippen molar-refractivity contribution in [1.29, 1.82) is 0 Å². The summed E-state index contributed by atoms with van der Waals surface area (Å²) in [5.74, 6) is 1.08. The fraction of sp³-hybridized carbons (Fsp3) is 0.222. The number of hydrogen-bond donors (Lipinski definition) is 1. The lowest BCUT2D eigenvalue weighted by molar-refractivity contribution is 0.0927. The van der Waals surface area contributed by atoms with Crippen LogP contribution in [0.2, 0.25) is 0 Å². The number of carbonyl (C=O) groups is 1. The van der Waals surface area contributed by atoms with Crippen molar-refractivity contribution < 1.29 is 4.79 Å². The summed E-state index contributed by atoms with van der Waals surface area (Å²) < 4.78 is 4.11. The Labute approximate surface area is 134 Å². The number of hydrogen-bond acceptors (Lipinski definition) is 2. The van der Waals surface area contributed by atoms with Gasteiger partial charge < -0.3 is 14.5 Å². The van der Waals surface area contributed by atoms with E-state index in [9.17, 15) is 4.79 Å². The van der Waals surface area contributed by atoms with Crippen LogP contribution < -0.4 is 5.32 Å². The molecule has 0 radical (unpaired) electrons. The molecule has 0 bridgehead atoms. The van der Waals surface area contributed by atoms with Crippen LogP contribution in [0.1, 0.15) is 22.6 Å². The second-order valence-electron chi connectivity index (χ2n) is 5.85. The molecule has 0 saturated heterocycles. The molecule has 0 spiro atoms. The molecule has 2 aromatic heterocycles. The van der Waals surface area contributed by atoms with Crippen LogP contribution in [0.25, 0.3) is 5.69 Å². The van der Waals surface area contributed by atoms with Crippen molar-refractivity contribution >= 4 is 5.91 Å². The number of benzene rings is 1. The Morgan fingerprint density at radius 3 is 2.91 bits per heavy atom. The van der Waals surface area contributed by atoms with Gasteiger partial charge in [0.25, 0.3) is 5.91 Å². The first-order valence-corrected chi connectivity index (χ1v) is 7.84. The molecule has 0 aliphatic carbocycles. The molecule has 3 heterocycles. The Kier molecular flexibility index (Phi) is 3.46. The molecule has 1 atom stereocenters. The number of amides is 1. The van der Waals surface area contributed by atoms with E-state index in [1.54, 1.807) is 0 Å². The number of aryl methyl sites for hydroxylation is 1. The van der Waals surface area contributed by atoms with Gasteiger partial charge in [0.2, 0.25) is 0 Å². The second kappa shape index (κ2) is 5.76. The van der Waals surface area contributed by atoms with Gasteiger partial charge in [-0.15, -0.1) is 0 Å². The third kappa shape index (κ3) is 2.77. The molecule has 1 aliphatic rings. The van der Waals surface area contributed by atoms with E-state index in [1.165, 1.54) is 0 Å². The van der Waals surface area contributed by atoms with Gasteiger partial charge in [-0.2, -0.15) is 0 Å². The Hall–Kier alpha value is -2.82. The van der Waals surface area contributed by atoms with Crippen LogP contribution in [0, 0.1) is 0 Å². The summed E-state index contributed by atoms with van der Waals surface area (Å²) >= 11 is 0. The fourth-order valence-corrected chi connectivity index (χ4v) is 3.07. The van der Waals surface area contributed by atoms with Gasteiger partial charge in [0.15, 0.2) is 0 Å². The standard InChI is InChI=1S/C18H18N4O/c23-18(20-15-6-7-17-19-8-11-22(17)13-15)14-4-3-5-16(12-14)21-9-1-2-10-21/h1-5,8-12,15H,6-7,13H2,(H,20,23). The summed E-state index contributed by atoms with van der Waals surface area (Å²) in [7, 11) is 0. The summed E-state index contributed by atoms with van der Waals surface area (Å²) in [4.78, 5) is 16.9. The number of aromatic nitrogens is 3. The van der Waals surface area contributed by atoms with Crippen LogP contribution >= 0.6 is 0 Å². The second-order valence-corrected chi connectivity index (χ2v) is 5.85. The molecule has 116 valence electrons. The molecule has 1 N–H and O–H groups in total. The van der Waals surface area contributed by atoms with Crippen LogP contribution in [0.3, 0.4) is 0 Å². The van der Waals surface area contributed by atoms with E-state index in [1.807, 2.05) is 65.8 Å². The summed E-state index contributed by atoms with van der Waals surface area (Å²) in [6.07, 6.45) is 9.57. The molecule has 3 aromatic rings. The highest BCUT2D eigenvalue weighted by Gasteiger charge is 2.20. The molecule has 1 aliphatic heterocycles. The third-order valence-corrected chi connectivity index (χ3v) is 4.28. The zero-order valence-electron chi connectivity index (χ0n) is 12.7. The lowest BCUT2D eigenvalue weighted by Gasteiger charge is -2.24. The average Bonchev–Trinajstić information content (AvgIpc) is 3.26. The molecule has 0 fully saturated rings.